The fraction of sp³-hybridized carbons (Fsp3) is 0.200. The van der Waals surface area contributed by atoms with Crippen LogP contribution in [0.4, 0.5) is 4.39 Å². The van der Waals surface area contributed by atoms with Gasteiger partial charge < -0.3 is 16.0 Å². The fourth-order valence-electron chi connectivity index (χ4n) is 3.20. The van der Waals surface area contributed by atoms with Crippen LogP contribution in [0.5, 0.6) is 0 Å². The number of nitrogens with one attached hydrogen (secondary N) is 2. The quantitative estimate of drug-likeness (QED) is 0.533. The third-order valence-corrected chi connectivity index (χ3v) is 6.56. The predicted molar refractivity (Wildman–Crippen MR) is 111 cm³/mol. The lowest BCUT2D eigenvalue weighted by molar-refractivity contribution is -0.117. The van der Waals surface area contributed by atoms with E-state index in [2.05, 4.69) is 10.3 Å². The number of nitrogens with two attached hydrogens (primary N) is 1. The molecule has 0 aliphatic heterocycles. The van der Waals surface area contributed by atoms with Crippen LogP contribution in [0.2, 0.25) is 5.02 Å². The third kappa shape index (κ3) is 4.17. The van der Waals surface area contributed by atoms with Gasteiger partial charge in [-0.2, -0.15) is 0 Å². The van der Waals surface area contributed by atoms with Crippen LogP contribution in [0.15, 0.2) is 40.1 Å². The number of fused-ring (bicyclic) bond motifs is 1. The van der Waals surface area contributed by atoms with E-state index in [1.165, 1.54) is 18.2 Å². The van der Waals surface area contributed by atoms with Crippen molar-refractivity contribution in [2.45, 2.75) is 30.1 Å². The summed E-state index contributed by atoms with van der Waals surface area (Å²) >= 11 is 5.88. The number of aromatic amines is 1. The van der Waals surface area contributed by atoms with Crippen molar-refractivity contribution in [3.8, 4) is 0 Å². The van der Waals surface area contributed by atoms with E-state index in [1.807, 2.05) is 6.07 Å². The summed E-state index contributed by atoms with van der Waals surface area (Å²) in [5, 5.41) is 2.25. The zero-order chi connectivity index (χ0) is 22.2. The number of halogens is 2. The molecule has 1 heterocycles. The van der Waals surface area contributed by atoms with Gasteiger partial charge in [0.2, 0.25) is 15.7 Å². The van der Waals surface area contributed by atoms with Crippen molar-refractivity contribution in [3.05, 3.63) is 58.0 Å². The Morgan fingerprint density at radius 3 is 2.37 bits per heavy atom. The van der Waals surface area contributed by atoms with Crippen molar-refractivity contribution < 1.29 is 22.4 Å². The van der Waals surface area contributed by atoms with Crippen LogP contribution in [-0.2, 0) is 14.6 Å². The highest BCUT2D eigenvalue weighted by atomic mass is 35.5. The molecular formula is C20H19ClFN3O4S. The highest BCUT2D eigenvalue weighted by Crippen LogP contribution is 2.35. The second kappa shape index (κ2) is 8.08. The number of amides is 2. The van der Waals surface area contributed by atoms with Crippen LogP contribution >= 0.6 is 11.6 Å². The van der Waals surface area contributed by atoms with Crippen LogP contribution in [0.1, 0.15) is 28.0 Å². The maximum Gasteiger partial charge on any atom is 0.269 e. The largest absolute Gasteiger partial charge is 0.370 e. The van der Waals surface area contributed by atoms with E-state index in [4.69, 9.17) is 17.3 Å². The molecule has 4 N–H and O–H groups in total. The molecule has 0 aliphatic rings. The first kappa shape index (κ1) is 21.8. The number of aryl methyl sites for hydroxylation is 2. The van der Waals surface area contributed by atoms with Crippen LogP contribution in [-0.4, -0.2) is 31.8 Å². The molecule has 0 fully saturated rings. The number of carbonyl (C=O) groups excluding carboxylic acids is 2. The summed E-state index contributed by atoms with van der Waals surface area (Å²) in [7, 11) is -4.18. The monoisotopic (exact) mass is 451 g/mol. The highest BCUT2D eigenvalue weighted by molar-refractivity contribution is 7.91. The van der Waals surface area contributed by atoms with E-state index in [0.717, 1.165) is 17.2 Å². The second-order valence-corrected chi connectivity index (χ2v) is 9.23. The number of hydrogen-bond donors (Lipinski definition) is 3. The first-order valence-corrected chi connectivity index (χ1v) is 10.8. The zero-order valence-electron chi connectivity index (χ0n) is 16.2. The summed E-state index contributed by atoms with van der Waals surface area (Å²) in [5.41, 5.74) is 6.33. The van der Waals surface area contributed by atoms with Gasteiger partial charge in [0.15, 0.2) is 0 Å². The number of benzene rings is 2. The molecule has 0 saturated heterocycles. The minimum absolute atomic E-state index is 0.00691. The van der Waals surface area contributed by atoms with Gasteiger partial charge in [0, 0.05) is 18.4 Å². The molecule has 7 nitrogen and oxygen atoms in total. The average Bonchev–Trinajstić information content (AvgIpc) is 3.00. The minimum Gasteiger partial charge on any atom is -0.370 e. The Bertz CT molecular complexity index is 1260. The van der Waals surface area contributed by atoms with Gasteiger partial charge in [0.1, 0.15) is 16.4 Å². The molecule has 0 radical (unpaired) electrons. The van der Waals surface area contributed by atoms with Gasteiger partial charge in [-0.25, -0.2) is 12.8 Å². The van der Waals surface area contributed by atoms with Crippen LogP contribution in [0.3, 0.4) is 0 Å². The Kier molecular flexibility index (Phi) is 5.87. The lowest BCUT2D eigenvalue weighted by Gasteiger charge is -2.09. The topological polar surface area (TPSA) is 122 Å². The van der Waals surface area contributed by atoms with E-state index in [9.17, 15) is 22.4 Å². The number of carbonyl (C=O) groups is 2. The molecule has 0 atom stereocenters. The molecule has 1 aromatic heterocycles. The van der Waals surface area contributed by atoms with E-state index in [1.54, 1.807) is 13.8 Å². The van der Waals surface area contributed by atoms with Crippen molar-refractivity contribution >= 4 is 44.2 Å². The number of rotatable bonds is 6. The van der Waals surface area contributed by atoms with Crippen LogP contribution in [0.25, 0.3) is 10.9 Å². The lowest BCUT2D eigenvalue weighted by atomic mass is 10.2. The molecule has 10 heteroatoms. The first-order chi connectivity index (χ1) is 14.0. The molecule has 2 aromatic carbocycles. The van der Waals surface area contributed by atoms with Gasteiger partial charge in [-0.1, -0.05) is 17.7 Å². The summed E-state index contributed by atoms with van der Waals surface area (Å²) in [5.74, 6) is -2.16. The second-order valence-electron chi connectivity index (χ2n) is 6.94. The molecule has 0 spiro atoms. The Morgan fingerprint density at radius 2 is 1.77 bits per heavy atom. The van der Waals surface area contributed by atoms with Gasteiger partial charge in [0.25, 0.3) is 5.91 Å². The van der Waals surface area contributed by atoms with E-state index >= 15 is 0 Å². The van der Waals surface area contributed by atoms with Crippen molar-refractivity contribution in [3.63, 3.8) is 0 Å². The van der Waals surface area contributed by atoms with Gasteiger partial charge in [0.05, 0.1) is 15.4 Å². The van der Waals surface area contributed by atoms with Gasteiger partial charge in [-0.15, -0.1) is 0 Å². The number of primary amides is 1. The molecule has 0 unspecified atom stereocenters. The smallest absolute Gasteiger partial charge is 0.269 e. The summed E-state index contributed by atoms with van der Waals surface area (Å²) < 4.78 is 41.0. The molecule has 2 amide bonds. The maximum atomic E-state index is 14.0. The highest BCUT2D eigenvalue weighted by Gasteiger charge is 2.30. The van der Waals surface area contributed by atoms with Crippen molar-refractivity contribution in [2.75, 3.05) is 6.54 Å². The van der Waals surface area contributed by atoms with Crippen LogP contribution in [0, 0.1) is 19.7 Å². The molecule has 0 saturated carbocycles. The SMILES string of the molecule is Cc1cc(C)cc(S(=O)(=O)c2c(C(=O)NCCC(N)=O)[nH]c3cc(F)c(Cl)cc23)c1. The Morgan fingerprint density at radius 1 is 1.13 bits per heavy atom. The normalized spacial score (nSPS) is 11.6. The zero-order valence-corrected chi connectivity index (χ0v) is 17.7. The standard InChI is InChI=1S/C20H19ClFN3O4S/c1-10-5-11(2)7-12(6-10)30(28,29)19-13-8-14(21)15(22)9-16(13)25-18(19)20(27)24-4-3-17(23)26/h5-9,25H,3-4H2,1-2H3,(H2,23,26)(H,24,27). The van der Waals surface area contributed by atoms with Crippen molar-refractivity contribution in [2.24, 2.45) is 5.73 Å². The molecule has 0 aliphatic carbocycles. The van der Waals surface area contributed by atoms with Crippen LogP contribution < -0.4 is 11.1 Å². The predicted octanol–water partition coefficient (Wildman–Crippen LogP) is 3.02. The minimum atomic E-state index is -4.18. The molecule has 158 valence electrons. The van der Waals surface area contributed by atoms with Gasteiger partial charge >= 0.3 is 0 Å². The summed E-state index contributed by atoms with van der Waals surface area (Å²) in [6.07, 6.45) is -0.119. The Labute approximate surface area is 177 Å². The van der Waals surface area contributed by atoms with Gasteiger partial charge in [-0.05, 0) is 49.2 Å². The van der Waals surface area contributed by atoms with Crippen molar-refractivity contribution in [1.29, 1.82) is 0 Å². The molecular weight excluding hydrogens is 433 g/mol. The van der Waals surface area contributed by atoms with E-state index in [-0.39, 0.29) is 44.4 Å². The molecule has 30 heavy (non-hydrogen) atoms. The molecule has 3 rings (SSSR count). The van der Waals surface area contributed by atoms with Crippen molar-refractivity contribution in [1.82, 2.24) is 10.3 Å². The molecule has 0 bridgehead atoms. The number of hydrogen-bond acceptors (Lipinski definition) is 4. The number of aromatic nitrogens is 1. The maximum absolute atomic E-state index is 14.0. The van der Waals surface area contributed by atoms with Gasteiger partial charge in [-0.3, -0.25) is 9.59 Å². The first-order valence-electron chi connectivity index (χ1n) is 8.91. The van der Waals surface area contributed by atoms with E-state index < -0.39 is 27.5 Å². The lowest BCUT2D eigenvalue weighted by Crippen LogP contribution is -2.29. The average molecular weight is 452 g/mol. The third-order valence-electron chi connectivity index (χ3n) is 4.45. The summed E-state index contributed by atoms with van der Waals surface area (Å²) in [6, 6.07) is 6.98. The number of sulfone groups is 1. The number of H-pyrrole nitrogens is 1. The molecule has 3 aromatic rings. The van der Waals surface area contributed by atoms with E-state index in [0.29, 0.717) is 0 Å². The summed E-state index contributed by atoms with van der Waals surface area (Å²) in [6.45, 7) is 3.43. The Balaban J connectivity index is 2.23. The Hall–Kier alpha value is -2.91. The fourth-order valence-corrected chi connectivity index (χ4v) is 5.15. The summed E-state index contributed by atoms with van der Waals surface area (Å²) in [4.78, 5) is 26.0.